The average molecular weight is 281 g/mol. The van der Waals surface area contributed by atoms with Crippen LogP contribution in [0.4, 0.5) is 10.1 Å². The molecule has 0 aliphatic heterocycles. The van der Waals surface area contributed by atoms with Crippen molar-refractivity contribution in [2.24, 2.45) is 7.05 Å². The summed E-state index contributed by atoms with van der Waals surface area (Å²) in [6.45, 7) is 0. The number of hydrogen-bond acceptors (Lipinski definition) is 5. The monoisotopic (exact) mass is 281 g/mol. The van der Waals surface area contributed by atoms with E-state index in [0.29, 0.717) is 5.16 Å². The van der Waals surface area contributed by atoms with E-state index in [1.165, 1.54) is 13.2 Å². The third-order valence-electron chi connectivity index (χ3n) is 2.49. The number of carbonyl (C=O) groups excluding carboxylic acids is 1. The highest BCUT2D eigenvalue weighted by atomic mass is 32.2. The first-order chi connectivity index (χ1) is 9.02. The van der Waals surface area contributed by atoms with Crippen LogP contribution in [0, 0.1) is 5.82 Å². The fraction of sp³-hybridized carbons (Fsp3) is 0.167. The molecule has 0 radical (unpaired) electrons. The Labute approximate surface area is 113 Å². The summed E-state index contributed by atoms with van der Waals surface area (Å²) in [5.41, 5.74) is 5.79. The fourth-order valence-corrected chi connectivity index (χ4v) is 2.33. The van der Waals surface area contributed by atoms with Gasteiger partial charge in [0, 0.05) is 25.1 Å². The third-order valence-corrected chi connectivity index (χ3v) is 3.60. The molecule has 2 N–H and O–H groups in total. The van der Waals surface area contributed by atoms with Crippen LogP contribution in [-0.2, 0) is 11.8 Å². The Kier molecular flexibility index (Phi) is 3.75. The minimum Gasteiger partial charge on any atom is -0.465 e. The third kappa shape index (κ3) is 2.70. The number of carbonyl (C=O) groups is 1. The number of rotatable bonds is 3. The fourth-order valence-electron chi connectivity index (χ4n) is 1.48. The topological polar surface area (TPSA) is 70.1 Å². The van der Waals surface area contributed by atoms with Crippen LogP contribution in [0.2, 0.25) is 0 Å². The molecule has 0 aliphatic carbocycles. The number of aromatic nitrogens is 2. The van der Waals surface area contributed by atoms with Crippen LogP contribution >= 0.6 is 11.8 Å². The van der Waals surface area contributed by atoms with Crippen LogP contribution in [0.25, 0.3) is 0 Å². The lowest BCUT2D eigenvalue weighted by molar-refractivity contribution is 0.0601. The first-order valence-electron chi connectivity index (χ1n) is 5.35. The molecule has 0 aliphatic rings. The highest BCUT2D eigenvalue weighted by Gasteiger charge is 2.16. The smallest absolute Gasteiger partial charge is 0.339 e. The molecule has 0 saturated carbocycles. The van der Waals surface area contributed by atoms with Gasteiger partial charge in [0.2, 0.25) is 0 Å². The molecule has 1 aromatic carbocycles. The van der Waals surface area contributed by atoms with E-state index in [2.05, 4.69) is 9.72 Å². The van der Waals surface area contributed by atoms with Crippen molar-refractivity contribution in [3.05, 3.63) is 35.9 Å². The van der Waals surface area contributed by atoms with Crippen LogP contribution in [0.15, 0.2) is 34.6 Å². The largest absolute Gasteiger partial charge is 0.465 e. The highest BCUT2D eigenvalue weighted by molar-refractivity contribution is 7.99. The Bertz CT molecular complexity index is 627. The molecule has 1 aromatic heterocycles. The van der Waals surface area contributed by atoms with E-state index in [1.54, 1.807) is 24.0 Å². The maximum atomic E-state index is 13.8. The van der Waals surface area contributed by atoms with Gasteiger partial charge in [0.25, 0.3) is 0 Å². The Morgan fingerprint density at radius 2 is 2.26 bits per heavy atom. The maximum absolute atomic E-state index is 13.8. The number of methoxy groups -OCH3 is 1. The van der Waals surface area contributed by atoms with Gasteiger partial charge in [-0.25, -0.2) is 14.2 Å². The SMILES string of the molecule is COC(=O)c1cc(Sc2nccn2C)c(F)cc1N. The number of nitrogens with two attached hydrogens (primary N) is 1. The van der Waals surface area contributed by atoms with Gasteiger partial charge >= 0.3 is 5.97 Å². The molecule has 0 bridgehead atoms. The predicted molar refractivity (Wildman–Crippen MR) is 69.5 cm³/mol. The lowest BCUT2D eigenvalue weighted by Gasteiger charge is -2.08. The summed E-state index contributed by atoms with van der Waals surface area (Å²) in [5, 5.41) is 0.611. The van der Waals surface area contributed by atoms with Crippen molar-refractivity contribution in [1.82, 2.24) is 9.55 Å². The molecule has 2 aromatic rings. The van der Waals surface area contributed by atoms with E-state index < -0.39 is 11.8 Å². The summed E-state index contributed by atoms with van der Waals surface area (Å²) in [7, 11) is 3.04. The summed E-state index contributed by atoms with van der Waals surface area (Å²) in [6, 6.07) is 2.48. The maximum Gasteiger partial charge on any atom is 0.339 e. The number of aryl methyl sites for hydroxylation is 1. The van der Waals surface area contributed by atoms with E-state index in [0.717, 1.165) is 17.8 Å². The first kappa shape index (κ1) is 13.4. The Balaban J connectivity index is 2.40. The second-order valence-corrected chi connectivity index (χ2v) is 4.79. The molecular formula is C12H12FN3O2S. The first-order valence-corrected chi connectivity index (χ1v) is 6.17. The molecule has 0 atom stereocenters. The van der Waals surface area contributed by atoms with Crippen molar-refractivity contribution >= 4 is 23.4 Å². The van der Waals surface area contributed by atoms with Gasteiger partial charge in [-0.15, -0.1) is 0 Å². The summed E-state index contributed by atoms with van der Waals surface area (Å²) in [5.74, 6) is -1.10. The second-order valence-electron chi connectivity index (χ2n) is 3.78. The normalized spacial score (nSPS) is 10.5. The average Bonchev–Trinajstić information content (AvgIpc) is 2.77. The molecule has 1 heterocycles. The Hall–Kier alpha value is -2.02. The zero-order valence-electron chi connectivity index (χ0n) is 10.4. The zero-order chi connectivity index (χ0) is 14.0. The van der Waals surface area contributed by atoms with E-state index in [4.69, 9.17) is 5.73 Å². The molecular weight excluding hydrogens is 269 g/mol. The number of nitrogens with zero attached hydrogens (tertiary/aromatic N) is 2. The summed E-state index contributed by atoms with van der Waals surface area (Å²) in [4.78, 5) is 15.9. The number of halogens is 1. The molecule has 0 fully saturated rings. The van der Waals surface area contributed by atoms with Crippen molar-refractivity contribution in [3.63, 3.8) is 0 Å². The van der Waals surface area contributed by atoms with E-state index in [1.807, 2.05) is 0 Å². The van der Waals surface area contributed by atoms with Gasteiger partial charge in [0.1, 0.15) is 5.82 Å². The molecule has 100 valence electrons. The molecule has 5 nitrogen and oxygen atoms in total. The lowest BCUT2D eigenvalue weighted by atomic mass is 10.2. The number of nitrogen functional groups attached to an aromatic ring is 1. The Morgan fingerprint density at radius 1 is 1.53 bits per heavy atom. The summed E-state index contributed by atoms with van der Waals surface area (Å²) >= 11 is 1.11. The molecule has 0 amide bonds. The molecule has 7 heteroatoms. The van der Waals surface area contributed by atoms with Crippen molar-refractivity contribution < 1.29 is 13.9 Å². The molecule has 0 unspecified atom stereocenters. The van der Waals surface area contributed by atoms with E-state index in [9.17, 15) is 9.18 Å². The number of hydrogen-bond donors (Lipinski definition) is 1. The van der Waals surface area contributed by atoms with Gasteiger partial charge in [0.05, 0.1) is 17.6 Å². The van der Waals surface area contributed by atoms with Crippen molar-refractivity contribution in [2.75, 3.05) is 12.8 Å². The van der Waals surface area contributed by atoms with Crippen molar-refractivity contribution in [2.45, 2.75) is 10.1 Å². The van der Waals surface area contributed by atoms with Gasteiger partial charge < -0.3 is 15.0 Å². The highest BCUT2D eigenvalue weighted by Crippen LogP contribution is 2.31. The van der Waals surface area contributed by atoms with Crippen molar-refractivity contribution in [1.29, 1.82) is 0 Å². The van der Waals surface area contributed by atoms with Crippen LogP contribution in [0.5, 0.6) is 0 Å². The standard InChI is InChI=1S/C12H12FN3O2S/c1-16-4-3-15-12(16)19-10-5-7(11(17)18-2)9(14)6-8(10)13/h3-6H,14H2,1-2H3. The second kappa shape index (κ2) is 5.31. The molecule has 0 saturated heterocycles. The number of ether oxygens (including phenoxy) is 1. The van der Waals surface area contributed by atoms with Crippen LogP contribution < -0.4 is 5.73 Å². The minimum atomic E-state index is -0.598. The van der Waals surface area contributed by atoms with Crippen LogP contribution in [0.3, 0.4) is 0 Å². The lowest BCUT2D eigenvalue weighted by Crippen LogP contribution is -2.06. The van der Waals surface area contributed by atoms with Gasteiger partial charge in [-0.1, -0.05) is 0 Å². The van der Waals surface area contributed by atoms with E-state index >= 15 is 0 Å². The minimum absolute atomic E-state index is 0.0496. The number of anilines is 1. The van der Waals surface area contributed by atoms with Gasteiger partial charge in [-0.05, 0) is 23.9 Å². The molecule has 0 spiro atoms. The van der Waals surface area contributed by atoms with Gasteiger partial charge in [-0.3, -0.25) is 0 Å². The predicted octanol–water partition coefficient (Wildman–Crippen LogP) is 2.08. The summed E-state index contributed by atoms with van der Waals surface area (Å²) in [6.07, 6.45) is 3.36. The zero-order valence-corrected chi connectivity index (χ0v) is 11.2. The molecule has 19 heavy (non-hydrogen) atoms. The van der Waals surface area contributed by atoms with Crippen LogP contribution in [0.1, 0.15) is 10.4 Å². The van der Waals surface area contributed by atoms with Crippen LogP contribution in [-0.4, -0.2) is 22.6 Å². The quantitative estimate of drug-likeness (QED) is 0.689. The number of imidazole rings is 1. The van der Waals surface area contributed by atoms with E-state index in [-0.39, 0.29) is 16.1 Å². The van der Waals surface area contributed by atoms with Crippen molar-refractivity contribution in [3.8, 4) is 0 Å². The summed E-state index contributed by atoms with van der Waals surface area (Å²) < 4.78 is 20.2. The Morgan fingerprint density at radius 3 is 2.84 bits per heavy atom. The number of benzene rings is 1. The van der Waals surface area contributed by atoms with Gasteiger partial charge in [0.15, 0.2) is 5.16 Å². The number of esters is 1. The molecule has 2 rings (SSSR count). The van der Waals surface area contributed by atoms with Gasteiger partial charge in [-0.2, -0.15) is 0 Å².